The third-order valence-corrected chi connectivity index (χ3v) is 0.799. The Hall–Kier alpha value is -0.910. The lowest BCUT2D eigenvalue weighted by atomic mass is 10.2. The highest BCUT2D eigenvalue weighted by Gasteiger charge is 2.15. The molecule has 0 spiro atoms. The number of nitrogens with two attached hydrogens (primary N) is 1. The number of carbonyl (C=O) groups excluding carboxylic acids is 1. The van der Waals surface area contributed by atoms with E-state index in [0.29, 0.717) is 6.08 Å². The maximum absolute atomic E-state index is 10.2. The van der Waals surface area contributed by atoms with Crippen LogP contribution >= 0.6 is 0 Å². The third-order valence-electron chi connectivity index (χ3n) is 0.799. The van der Waals surface area contributed by atoms with Crippen LogP contribution in [0.5, 0.6) is 0 Å². The van der Waals surface area contributed by atoms with Gasteiger partial charge in [0, 0.05) is 11.6 Å². The predicted molar refractivity (Wildman–Crippen MR) is 32.3 cm³/mol. The predicted octanol–water partition coefficient (Wildman–Crippen LogP) is -1.95. The van der Waals surface area contributed by atoms with Crippen LogP contribution in [-0.4, -0.2) is 27.2 Å². The average Bonchev–Trinajstić information content (AvgIpc) is 1.60. The molecule has 0 rings (SSSR count). The molecule has 0 aliphatic rings. The van der Waals surface area contributed by atoms with Gasteiger partial charge < -0.3 is 21.1 Å². The van der Waals surface area contributed by atoms with E-state index in [-0.39, 0.29) is 5.57 Å². The summed E-state index contributed by atoms with van der Waals surface area (Å²) in [4.78, 5) is 10.2. The van der Waals surface area contributed by atoms with Crippen molar-refractivity contribution in [2.45, 2.75) is 12.9 Å². The topological polar surface area (TPSA) is 104 Å². The van der Waals surface area contributed by atoms with Crippen LogP contribution in [0.1, 0.15) is 6.92 Å². The highest BCUT2D eigenvalue weighted by Crippen LogP contribution is 2.00. The summed E-state index contributed by atoms with van der Waals surface area (Å²) in [6, 6.07) is 0. The molecular formula is C5H9NO4. The lowest BCUT2D eigenvalue weighted by molar-refractivity contribution is -0.273. The average molecular weight is 147 g/mol. The maximum Gasteiger partial charge on any atom is 0.297 e. The van der Waals surface area contributed by atoms with Crippen LogP contribution in [0.25, 0.3) is 0 Å². The van der Waals surface area contributed by atoms with Crippen LogP contribution in [0.15, 0.2) is 11.6 Å². The zero-order valence-corrected chi connectivity index (χ0v) is 5.40. The summed E-state index contributed by atoms with van der Waals surface area (Å²) >= 11 is 0. The van der Waals surface area contributed by atoms with Gasteiger partial charge in [0.25, 0.3) is 5.97 Å². The molecule has 0 aliphatic heterocycles. The molecule has 0 aliphatic carbocycles. The zero-order valence-electron chi connectivity index (χ0n) is 5.40. The maximum atomic E-state index is 10.2. The van der Waals surface area contributed by atoms with E-state index in [4.69, 9.17) is 21.1 Å². The van der Waals surface area contributed by atoms with Crippen molar-refractivity contribution in [1.29, 1.82) is 0 Å². The Morgan fingerprint density at radius 2 is 1.90 bits per heavy atom. The van der Waals surface area contributed by atoms with Crippen LogP contribution in [0.2, 0.25) is 0 Å². The molecule has 5 heteroatoms. The molecule has 0 unspecified atom stereocenters. The fourth-order valence-electron chi connectivity index (χ4n) is 0.362. The van der Waals surface area contributed by atoms with E-state index in [0.717, 1.165) is 0 Å². The lowest BCUT2D eigenvalue weighted by Crippen LogP contribution is -2.26. The number of carbonyl (C=O) groups is 1. The standard InChI is InChI=1S/C5H9NO4/c1-3(4(6)7)2-5(8,9)10/h2,8-10H,1H3,(H2,6,7)/b3-2+. The second-order valence-electron chi connectivity index (χ2n) is 1.88. The Kier molecular flexibility index (Phi) is 2.53. The first-order valence-corrected chi connectivity index (χ1v) is 2.49. The Labute approximate surface area is 57.4 Å². The smallest absolute Gasteiger partial charge is 0.297 e. The summed E-state index contributed by atoms with van der Waals surface area (Å²) in [6.45, 7) is 1.25. The van der Waals surface area contributed by atoms with Gasteiger partial charge in [0.2, 0.25) is 5.91 Å². The Bertz CT molecular complexity index is 167. The number of primary amides is 1. The van der Waals surface area contributed by atoms with Crippen molar-refractivity contribution >= 4 is 5.91 Å². The summed E-state index contributed by atoms with van der Waals surface area (Å²) in [5.41, 5.74) is 4.58. The number of hydrogen-bond donors (Lipinski definition) is 4. The van der Waals surface area contributed by atoms with Gasteiger partial charge in [-0.05, 0) is 6.92 Å². The first kappa shape index (κ1) is 9.09. The molecule has 0 heterocycles. The number of amides is 1. The molecule has 5 nitrogen and oxygen atoms in total. The Balaban J connectivity index is 4.32. The minimum absolute atomic E-state index is 0.118. The minimum Gasteiger partial charge on any atom is -0.366 e. The van der Waals surface area contributed by atoms with Crippen molar-refractivity contribution in [3.8, 4) is 0 Å². The molecule has 5 N–H and O–H groups in total. The first-order chi connectivity index (χ1) is 4.33. The summed E-state index contributed by atoms with van der Waals surface area (Å²) in [5, 5.41) is 24.8. The van der Waals surface area contributed by atoms with Crippen molar-refractivity contribution < 1.29 is 20.1 Å². The van der Waals surface area contributed by atoms with Gasteiger partial charge in [0.05, 0.1) is 0 Å². The van der Waals surface area contributed by atoms with Crippen LogP contribution in [0.3, 0.4) is 0 Å². The molecule has 58 valence electrons. The summed E-state index contributed by atoms with van der Waals surface area (Å²) in [5.74, 6) is -3.78. The minimum atomic E-state index is -2.96. The van der Waals surface area contributed by atoms with Crippen LogP contribution in [0, 0.1) is 0 Å². The van der Waals surface area contributed by atoms with Crippen LogP contribution < -0.4 is 5.73 Å². The molecule has 0 radical (unpaired) electrons. The summed E-state index contributed by atoms with van der Waals surface area (Å²) in [6.07, 6.45) is 0.537. The molecule has 0 aromatic carbocycles. The third kappa shape index (κ3) is 4.02. The summed E-state index contributed by atoms with van der Waals surface area (Å²) < 4.78 is 0. The molecule has 0 aromatic heterocycles. The van der Waals surface area contributed by atoms with Crippen molar-refractivity contribution in [1.82, 2.24) is 0 Å². The first-order valence-electron chi connectivity index (χ1n) is 2.49. The van der Waals surface area contributed by atoms with Crippen molar-refractivity contribution in [3.63, 3.8) is 0 Å². The zero-order chi connectivity index (χ0) is 8.36. The summed E-state index contributed by atoms with van der Waals surface area (Å²) in [7, 11) is 0. The quantitative estimate of drug-likeness (QED) is 0.269. The number of aliphatic hydroxyl groups is 3. The molecule has 0 fully saturated rings. The SMILES string of the molecule is C/C(=C\C(O)(O)O)C(N)=O. The highest BCUT2D eigenvalue weighted by molar-refractivity contribution is 5.91. The van der Waals surface area contributed by atoms with Gasteiger partial charge in [-0.1, -0.05) is 0 Å². The molecule has 0 atom stereocenters. The fraction of sp³-hybridized carbons (Fsp3) is 0.400. The molecule has 0 bridgehead atoms. The van der Waals surface area contributed by atoms with E-state index in [1.165, 1.54) is 6.92 Å². The molecule has 0 saturated carbocycles. The van der Waals surface area contributed by atoms with Gasteiger partial charge in [0.15, 0.2) is 0 Å². The lowest BCUT2D eigenvalue weighted by Gasteiger charge is -2.08. The molecular weight excluding hydrogens is 138 g/mol. The molecule has 10 heavy (non-hydrogen) atoms. The van der Waals surface area contributed by atoms with E-state index in [1.54, 1.807) is 0 Å². The second kappa shape index (κ2) is 2.78. The van der Waals surface area contributed by atoms with E-state index < -0.39 is 11.9 Å². The van der Waals surface area contributed by atoms with E-state index in [9.17, 15) is 4.79 Å². The van der Waals surface area contributed by atoms with Crippen molar-refractivity contribution in [3.05, 3.63) is 11.6 Å². The fourth-order valence-corrected chi connectivity index (χ4v) is 0.362. The van der Waals surface area contributed by atoms with Gasteiger partial charge in [-0.25, -0.2) is 0 Å². The monoisotopic (exact) mass is 147 g/mol. The van der Waals surface area contributed by atoms with Gasteiger partial charge >= 0.3 is 0 Å². The van der Waals surface area contributed by atoms with E-state index in [1.807, 2.05) is 0 Å². The van der Waals surface area contributed by atoms with Gasteiger partial charge in [0.1, 0.15) is 0 Å². The van der Waals surface area contributed by atoms with Crippen molar-refractivity contribution in [2.24, 2.45) is 5.73 Å². The molecule has 0 saturated heterocycles. The van der Waals surface area contributed by atoms with Gasteiger partial charge in [-0.3, -0.25) is 4.79 Å². The van der Waals surface area contributed by atoms with Crippen molar-refractivity contribution in [2.75, 3.05) is 0 Å². The molecule has 1 amide bonds. The second-order valence-corrected chi connectivity index (χ2v) is 1.88. The largest absolute Gasteiger partial charge is 0.366 e. The van der Waals surface area contributed by atoms with E-state index in [2.05, 4.69) is 0 Å². The van der Waals surface area contributed by atoms with Gasteiger partial charge in [-0.15, -0.1) is 0 Å². The van der Waals surface area contributed by atoms with E-state index >= 15 is 0 Å². The molecule has 0 aromatic rings. The Morgan fingerprint density at radius 3 is 2.00 bits per heavy atom. The highest BCUT2D eigenvalue weighted by atomic mass is 16.7. The van der Waals surface area contributed by atoms with Crippen LogP contribution in [0.4, 0.5) is 0 Å². The number of hydrogen-bond acceptors (Lipinski definition) is 4. The van der Waals surface area contributed by atoms with Crippen LogP contribution in [-0.2, 0) is 4.79 Å². The van der Waals surface area contributed by atoms with Gasteiger partial charge in [-0.2, -0.15) is 0 Å². The normalized spacial score (nSPS) is 13.4. The Morgan fingerprint density at radius 1 is 1.50 bits per heavy atom. The number of rotatable bonds is 2.